The van der Waals surface area contributed by atoms with Gasteiger partial charge in [-0.2, -0.15) is 0 Å². The van der Waals surface area contributed by atoms with Crippen LogP contribution in [0.3, 0.4) is 0 Å². The molecule has 0 aromatic heterocycles. The fourth-order valence-electron chi connectivity index (χ4n) is 2.21. The highest BCUT2D eigenvalue weighted by Gasteiger charge is 2.19. The Morgan fingerprint density at radius 2 is 2.11 bits per heavy atom. The number of piperazine rings is 1. The Morgan fingerprint density at radius 3 is 2.78 bits per heavy atom. The minimum atomic E-state index is 0. The van der Waals surface area contributed by atoms with Gasteiger partial charge in [-0.15, -0.1) is 12.4 Å². The Balaban J connectivity index is 0.00000162. The largest absolute Gasteiger partial charge is 0.340 e. The summed E-state index contributed by atoms with van der Waals surface area (Å²) in [7, 11) is 0. The molecule has 4 heteroatoms. The van der Waals surface area contributed by atoms with Crippen molar-refractivity contribution >= 4 is 18.3 Å². The molecule has 1 saturated heterocycles. The number of aryl methyl sites for hydroxylation is 1. The highest BCUT2D eigenvalue weighted by molar-refractivity contribution is 5.85. The average Bonchev–Trinajstić information content (AvgIpc) is 2.37. The first-order valence-electron chi connectivity index (χ1n) is 6.31. The van der Waals surface area contributed by atoms with E-state index in [0.29, 0.717) is 12.5 Å². The summed E-state index contributed by atoms with van der Waals surface area (Å²) < 4.78 is 0. The number of hydrogen-bond donors (Lipinski definition) is 1. The number of hydrogen-bond acceptors (Lipinski definition) is 2. The number of amides is 1. The standard InChI is InChI=1S/C14H20N2O.ClH/c1-12-11-16(10-9-15-12)14(17)8-7-13-5-3-2-4-6-13;/h2-6,12,15H,7-11H2,1H3;1H. The highest BCUT2D eigenvalue weighted by atomic mass is 35.5. The molecule has 0 spiro atoms. The molecule has 1 aliphatic heterocycles. The number of nitrogens with one attached hydrogen (secondary N) is 1. The van der Waals surface area contributed by atoms with Gasteiger partial charge in [0.1, 0.15) is 0 Å². The normalized spacial score (nSPS) is 19.2. The van der Waals surface area contributed by atoms with Crippen molar-refractivity contribution in [2.24, 2.45) is 0 Å². The molecule has 1 heterocycles. The summed E-state index contributed by atoms with van der Waals surface area (Å²) in [6.07, 6.45) is 1.47. The van der Waals surface area contributed by atoms with Crippen LogP contribution in [0.5, 0.6) is 0 Å². The van der Waals surface area contributed by atoms with Gasteiger partial charge in [-0.25, -0.2) is 0 Å². The van der Waals surface area contributed by atoms with E-state index in [4.69, 9.17) is 0 Å². The zero-order valence-corrected chi connectivity index (χ0v) is 11.6. The van der Waals surface area contributed by atoms with Crippen LogP contribution in [0.15, 0.2) is 30.3 Å². The van der Waals surface area contributed by atoms with E-state index >= 15 is 0 Å². The second kappa shape index (κ2) is 7.39. The fourth-order valence-corrected chi connectivity index (χ4v) is 2.21. The van der Waals surface area contributed by atoms with Crippen LogP contribution in [0, 0.1) is 0 Å². The minimum absolute atomic E-state index is 0. The maximum absolute atomic E-state index is 12.0. The van der Waals surface area contributed by atoms with E-state index in [1.165, 1.54) is 5.56 Å². The van der Waals surface area contributed by atoms with E-state index < -0.39 is 0 Å². The van der Waals surface area contributed by atoms with Crippen molar-refractivity contribution in [3.63, 3.8) is 0 Å². The van der Waals surface area contributed by atoms with Gasteiger partial charge in [-0.1, -0.05) is 30.3 Å². The maximum Gasteiger partial charge on any atom is 0.222 e. The van der Waals surface area contributed by atoms with E-state index in [1.807, 2.05) is 23.1 Å². The lowest BCUT2D eigenvalue weighted by Crippen LogP contribution is -2.51. The predicted molar refractivity (Wildman–Crippen MR) is 76.1 cm³/mol. The van der Waals surface area contributed by atoms with Crippen molar-refractivity contribution < 1.29 is 4.79 Å². The van der Waals surface area contributed by atoms with Gasteiger partial charge in [0.25, 0.3) is 0 Å². The Hall–Kier alpha value is -1.06. The molecule has 3 nitrogen and oxygen atoms in total. The van der Waals surface area contributed by atoms with Crippen LogP contribution in [-0.2, 0) is 11.2 Å². The topological polar surface area (TPSA) is 32.3 Å². The van der Waals surface area contributed by atoms with Crippen LogP contribution in [0.2, 0.25) is 0 Å². The summed E-state index contributed by atoms with van der Waals surface area (Å²) in [6.45, 7) is 4.72. The molecule has 1 amide bonds. The number of benzene rings is 1. The van der Waals surface area contributed by atoms with Gasteiger partial charge in [0.05, 0.1) is 0 Å². The molecular weight excluding hydrogens is 248 g/mol. The lowest BCUT2D eigenvalue weighted by atomic mass is 10.1. The van der Waals surface area contributed by atoms with E-state index in [0.717, 1.165) is 26.1 Å². The van der Waals surface area contributed by atoms with Gasteiger partial charge >= 0.3 is 0 Å². The summed E-state index contributed by atoms with van der Waals surface area (Å²) in [5.74, 6) is 0.280. The van der Waals surface area contributed by atoms with Crippen molar-refractivity contribution in [1.82, 2.24) is 10.2 Å². The first-order chi connectivity index (χ1) is 8.25. The molecule has 100 valence electrons. The lowest BCUT2D eigenvalue weighted by Gasteiger charge is -2.32. The summed E-state index contributed by atoms with van der Waals surface area (Å²) in [5, 5.41) is 3.35. The van der Waals surface area contributed by atoms with Gasteiger partial charge in [0.2, 0.25) is 5.91 Å². The second-order valence-corrected chi connectivity index (χ2v) is 4.68. The zero-order valence-electron chi connectivity index (χ0n) is 10.8. The van der Waals surface area contributed by atoms with Gasteiger partial charge < -0.3 is 10.2 Å². The first kappa shape index (κ1) is 15.0. The molecule has 2 rings (SSSR count). The van der Waals surface area contributed by atoms with E-state index in [1.54, 1.807) is 0 Å². The molecule has 1 fully saturated rings. The molecule has 1 aliphatic rings. The van der Waals surface area contributed by atoms with E-state index in [-0.39, 0.29) is 18.3 Å². The summed E-state index contributed by atoms with van der Waals surface area (Å²) in [6, 6.07) is 10.6. The second-order valence-electron chi connectivity index (χ2n) is 4.68. The fraction of sp³-hybridized carbons (Fsp3) is 0.500. The van der Waals surface area contributed by atoms with Gasteiger partial charge in [0.15, 0.2) is 0 Å². The van der Waals surface area contributed by atoms with Crippen LogP contribution in [-0.4, -0.2) is 36.5 Å². The third-order valence-corrected chi connectivity index (χ3v) is 3.19. The molecule has 1 unspecified atom stereocenters. The van der Waals surface area contributed by atoms with Crippen molar-refractivity contribution in [2.75, 3.05) is 19.6 Å². The minimum Gasteiger partial charge on any atom is -0.340 e. The van der Waals surface area contributed by atoms with Crippen molar-refractivity contribution in [3.8, 4) is 0 Å². The zero-order chi connectivity index (χ0) is 12.1. The Labute approximate surface area is 115 Å². The lowest BCUT2D eigenvalue weighted by molar-refractivity contribution is -0.132. The molecular formula is C14H21ClN2O. The number of rotatable bonds is 3. The average molecular weight is 269 g/mol. The van der Waals surface area contributed by atoms with Crippen molar-refractivity contribution in [1.29, 1.82) is 0 Å². The summed E-state index contributed by atoms with van der Waals surface area (Å²) in [5.41, 5.74) is 1.24. The molecule has 1 aromatic rings. The van der Waals surface area contributed by atoms with Crippen LogP contribution in [0.1, 0.15) is 18.9 Å². The first-order valence-corrected chi connectivity index (χ1v) is 6.31. The van der Waals surface area contributed by atoms with Crippen molar-refractivity contribution in [2.45, 2.75) is 25.8 Å². The third-order valence-electron chi connectivity index (χ3n) is 3.19. The van der Waals surface area contributed by atoms with Gasteiger partial charge in [-0.3, -0.25) is 4.79 Å². The Kier molecular flexibility index (Phi) is 6.16. The molecule has 0 bridgehead atoms. The van der Waals surface area contributed by atoms with Gasteiger partial charge in [0, 0.05) is 32.1 Å². The number of carbonyl (C=O) groups excluding carboxylic acids is 1. The molecule has 1 atom stereocenters. The maximum atomic E-state index is 12.0. The van der Waals surface area contributed by atoms with E-state index in [2.05, 4.69) is 24.4 Å². The van der Waals surface area contributed by atoms with Gasteiger partial charge in [-0.05, 0) is 18.9 Å². The number of nitrogens with zero attached hydrogens (tertiary/aromatic N) is 1. The van der Waals surface area contributed by atoms with Crippen LogP contribution < -0.4 is 5.32 Å². The van der Waals surface area contributed by atoms with Crippen LogP contribution in [0.25, 0.3) is 0 Å². The summed E-state index contributed by atoms with van der Waals surface area (Å²) in [4.78, 5) is 14.0. The predicted octanol–water partition coefficient (Wildman–Crippen LogP) is 1.86. The van der Waals surface area contributed by atoms with Crippen LogP contribution in [0.4, 0.5) is 0 Å². The highest BCUT2D eigenvalue weighted by Crippen LogP contribution is 2.06. The molecule has 0 saturated carbocycles. The Morgan fingerprint density at radius 1 is 1.39 bits per heavy atom. The van der Waals surface area contributed by atoms with E-state index in [9.17, 15) is 4.79 Å². The molecule has 18 heavy (non-hydrogen) atoms. The molecule has 0 aliphatic carbocycles. The quantitative estimate of drug-likeness (QED) is 0.908. The Bertz CT molecular complexity index is 369. The third kappa shape index (κ3) is 4.31. The smallest absolute Gasteiger partial charge is 0.222 e. The number of halogens is 1. The molecule has 1 N–H and O–H groups in total. The SMILES string of the molecule is CC1CN(C(=O)CCc2ccccc2)CCN1.Cl. The molecule has 1 aromatic carbocycles. The summed E-state index contributed by atoms with van der Waals surface area (Å²) >= 11 is 0. The van der Waals surface area contributed by atoms with Crippen molar-refractivity contribution in [3.05, 3.63) is 35.9 Å². The monoisotopic (exact) mass is 268 g/mol. The van der Waals surface area contributed by atoms with Crippen LogP contribution >= 0.6 is 12.4 Å². The molecule has 0 radical (unpaired) electrons. The number of carbonyl (C=O) groups is 1.